The van der Waals surface area contributed by atoms with E-state index < -0.39 is 0 Å². The Bertz CT molecular complexity index is 560. The highest BCUT2D eigenvalue weighted by Gasteiger charge is 1.99. The van der Waals surface area contributed by atoms with Gasteiger partial charge in [-0.2, -0.15) is 0 Å². The first-order valence-electron chi connectivity index (χ1n) is 6.43. The van der Waals surface area contributed by atoms with Crippen molar-refractivity contribution in [3.63, 3.8) is 0 Å². The van der Waals surface area contributed by atoms with Crippen LogP contribution in [-0.2, 0) is 17.9 Å². The van der Waals surface area contributed by atoms with Crippen LogP contribution in [0.4, 0.5) is 11.4 Å². The lowest BCUT2D eigenvalue weighted by atomic mass is 10.2. The predicted octanol–water partition coefficient (Wildman–Crippen LogP) is 3.08. The third kappa shape index (κ3) is 3.88. The van der Waals surface area contributed by atoms with E-state index >= 15 is 0 Å². The van der Waals surface area contributed by atoms with Gasteiger partial charge in [0.15, 0.2) is 0 Å². The number of nitrogens with zero attached hydrogens (tertiary/aromatic N) is 1. The Balaban J connectivity index is 1.97. The van der Waals surface area contributed by atoms with E-state index in [1.807, 2.05) is 24.3 Å². The van der Waals surface area contributed by atoms with Crippen molar-refractivity contribution in [1.29, 1.82) is 0 Å². The van der Waals surface area contributed by atoms with E-state index in [9.17, 15) is 4.79 Å². The molecule has 2 aromatic rings. The van der Waals surface area contributed by atoms with Crippen molar-refractivity contribution in [2.45, 2.75) is 26.9 Å². The zero-order chi connectivity index (χ0) is 13.7. The number of hydrogen-bond acceptors (Lipinski definition) is 2. The number of rotatable bonds is 5. The van der Waals surface area contributed by atoms with Crippen LogP contribution in [0.15, 0.2) is 42.7 Å². The van der Waals surface area contributed by atoms with Gasteiger partial charge >= 0.3 is 0 Å². The monoisotopic (exact) mass is 257 g/mol. The van der Waals surface area contributed by atoms with Crippen molar-refractivity contribution in [1.82, 2.24) is 4.57 Å². The van der Waals surface area contributed by atoms with Crippen molar-refractivity contribution in [2.75, 3.05) is 10.6 Å². The van der Waals surface area contributed by atoms with Gasteiger partial charge in [-0.05, 0) is 36.8 Å². The highest BCUT2D eigenvalue weighted by Crippen LogP contribution is 2.16. The van der Waals surface area contributed by atoms with Gasteiger partial charge in [0.25, 0.3) is 0 Å². The smallest absolute Gasteiger partial charge is 0.221 e. The van der Waals surface area contributed by atoms with Crippen molar-refractivity contribution >= 4 is 17.3 Å². The fourth-order valence-electron chi connectivity index (χ4n) is 1.91. The number of benzene rings is 1. The van der Waals surface area contributed by atoms with Crippen LogP contribution in [0.2, 0.25) is 0 Å². The van der Waals surface area contributed by atoms with Crippen molar-refractivity contribution < 1.29 is 4.79 Å². The average molecular weight is 257 g/mol. The molecule has 0 saturated heterocycles. The lowest BCUT2D eigenvalue weighted by Crippen LogP contribution is -2.06. The summed E-state index contributed by atoms with van der Waals surface area (Å²) in [7, 11) is 0. The van der Waals surface area contributed by atoms with Gasteiger partial charge in [0.2, 0.25) is 5.91 Å². The Labute approximate surface area is 113 Å². The molecule has 4 heteroatoms. The summed E-state index contributed by atoms with van der Waals surface area (Å²) in [4.78, 5) is 11.0. The molecule has 0 spiro atoms. The predicted molar refractivity (Wildman–Crippen MR) is 78.2 cm³/mol. The Hall–Kier alpha value is -2.23. The largest absolute Gasteiger partial charge is 0.381 e. The number of carbonyl (C=O) groups is 1. The molecule has 2 N–H and O–H groups in total. The van der Waals surface area contributed by atoms with E-state index in [0.717, 1.165) is 24.5 Å². The molecule has 0 saturated carbocycles. The van der Waals surface area contributed by atoms with Crippen LogP contribution in [0, 0.1) is 0 Å². The minimum absolute atomic E-state index is 0.0582. The first kappa shape index (κ1) is 13.2. The van der Waals surface area contributed by atoms with E-state index in [2.05, 4.69) is 40.6 Å². The van der Waals surface area contributed by atoms with Gasteiger partial charge < -0.3 is 15.2 Å². The lowest BCUT2D eigenvalue weighted by molar-refractivity contribution is -0.114. The number of amides is 1. The van der Waals surface area contributed by atoms with Crippen LogP contribution >= 0.6 is 0 Å². The van der Waals surface area contributed by atoms with E-state index in [-0.39, 0.29) is 5.91 Å². The zero-order valence-electron chi connectivity index (χ0n) is 11.3. The number of carbonyl (C=O) groups excluding carboxylic acids is 1. The Morgan fingerprint density at radius 2 is 2.05 bits per heavy atom. The number of aryl methyl sites for hydroxylation is 1. The normalized spacial score (nSPS) is 10.2. The molecule has 1 aromatic carbocycles. The molecule has 0 aliphatic heterocycles. The summed E-state index contributed by atoms with van der Waals surface area (Å²) in [5.41, 5.74) is 3.05. The van der Waals surface area contributed by atoms with Crippen molar-refractivity contribution in [2.24, 2.45) is 0 Å². The molecule has 1 heterocycles. The van der Waals surface area contributed by atoms with Gasteiger partial charge in [0.1, 0.15) is 0 Å². The summed E-state index contributed by atoms with van der Waals surface area (Å²) < 4.78 is 2.14. The molecule has 0 radical (unpaired) electrons. The van der Waals surface area contributed by atoms with E-state index in [1.165, 1.54) is 12.5 Å². The number of anilines is 2. The van der Waals surface area contributed by atoms with E-state index in [4.69, 9.17) is 0 Å². The summed E-state index contributed by atoms with van der Waals surface area (Å²) in [5, 5.41) is 6.12. The van der Waals surface area contributed by atoms with Crippen LogP contribution in [-0.4, -0.2) is 10.5 Å². The van der Waals surface area contributed by atoms with Crippen LogP contribution in [0.25, 0.3) is 0 Å². The molecule has 0 fully saturated rings. The van der Waals surface area contributed by atoms with Crippen LogP contribution in [0.3, 0.4) is 0 Å². The minimum atomic E-state index is -0.0582. The standard InChI is InChI=1S/C15H19N3O/c1-3-18-8-7-13(11-18)10-16-14-5-4-6-15(9-14)17-12(2)19/h4-9,11,16H,3,10H2,1-2H3,(H,17,19). The average Bonchev–Trinajstić information content (AvgIpc) is 2.84. The lowest BCUT2D eigenvalue weighted by Gasteiger charge is -2.08. The van der Waals surface area contributed by atoms with E-state index in [0.29, 0.717) is 0 Å². The van der Waals surface area contributed by atoms with Crippen molar-refractivity contribution in [3.8, 4) is 0 Å². The van der Waals surface area contributed by atoms with Crippen LogP contribution in [0.5, 0.6) is 0 Å². The molecular formula is C15H19N3O. The van der Waals surface area contributed by atoms with Gasteiger partial charge in [-0.1, -0.05) is 6.07 Å². The summed E-state index contributed by atoms with van der Waals surface area (Å²) in [6, 6.07) is 9.82. The van der Waals surface area contributed by atoms with Gasteiger partial charge in [0, 0.05) is 43.8 Å². The van der Waals surface area contributed by atoms with E-state index in [1.54, 1.807) is 0 Å². The Morgan fingerprint density at radius 1 is 1.26 bits per heavy atom. The topological polar surface area (TPSA) is 46.1 Å². The fraction of sp³-hybridized carbons (Fsp3) is 0.267. The molecule has 2 rings (SSSR count). The summed E-state index contributed by atoms with van der Waals surface area (Å²) in [6.07, 6.45) is 4.20. The van der Waals surface area contributed by atoms with Gasteiger partial charge in [-0.15, -0.1) is 0 Å². The summed E-state index contributed by atoms with van der Waals surface area (Å²) in [5.74, 6) is -0.0582. The van der Waals surface area contributed by atoms with Crippen molar-refractivity contribution in [3.05, 3.63) is 48.3 Å². The summed E-state index contributed by atoms with van der Waals surface area (Å²) in [6.45, 7) is 5.39. The Morgan fingerprint density at radius 3 is 2.74 bits per heavy atom. The third-order valence-corrected chi connectivity index (χ3v) is 2.86. The fourth-order valence-corrected chi connectivity index (χ4v) is 1.91. The molecule has 1 amide bonds. The molecular weight excluding hydrogens is 238 g/mol. The van der Waals surface area contributed by atoms with Crippen LogP contribution < -0.4 is 10.6 Å². The number of hydrogen-bond donors (Lipinski definition) is 2. The summed E-state index contributed by atoms with van der Waals surface area (Å²) >= 11 is 0. The molecule has 0 unspecified atom stereocenters. The SMILES string of the molecule is CCn1ccc(CNc2cccc(NC(C)=O)c2)c1. The first-order chi connectivity index (χ1) is 9.17. The van der Waals surface area contributed by atoms with Crippen LogP contribution in [0.1, 0.15) is 19.4 Å². The maximum Gasteiger partial charge on any atom is 0.221 e. The quantitative estimate of drug-likeness (QED) is 0.864. The molecule has 0 aliphatic rings. The molecule has 19 heavy (non-hydrogen) atoms. The second-order valence-corrected chi connectivity index (χ2v) is 4.47. The molecule has 4 nitrogen and oxygen atoms in total. The first-order valence-corrected chi connectivity index (χ1v) is 6.43. The second-order valence-electron chi connectivity index (χ2n) is 4.47. The number of aromatic nitrogens is 1. The molecule has 1 aromatic heterocycles. The molecule has 100 valence electrons. The zero-order valence-corrected chi connectivity index (χ0v) is 11.3. The van der Waals surface area contributed by atoms with Gasteiger partial charge in [-0.25, -0.2) is 0 Å². The maximum atomic E-state index is 11.0. The third-order valence-electron chi connectivity index (χ3n) is 2.86. The highest BCUT2D eigenvalue weighted by molar-refractivity contribution is 5.89. The van der Waals surface area contributed by atoms with Gasteiger partial charge in [-0.3, -0.25) is 4.79 Å². The number of nitrogens with one attached hydrogen (secondary N) is 2. The maximum absolute atomic E-state index is 11.0. The van der Waals surface area contributed by atoms with Gasteiger partial charge in [0.05, 0.1) is 0 Å². The second kappa shape index (κ2) is 6.09. The highest BCUT2D eigenvalue weighted by atomic mass is 16.1. The molecule has 0 atom stereocenters. The Kier molecular flexibility index (Phi) is 4.23. The molecule has 0 aliphatic carbocycles. The molecule has 0 bridgehead atoms. The minimum Gasteiger partial charge on any atom is -0.381 e.